The summed E-state index contributed by atoms with van der Waals surface area (Å²) in [5.74, 6) is -0.206. The smallest absolute Gasteiger partial charge is 0.274 e. The van der Waals surface area contributed by atoms with Gasteiger partial charge >= 0.3 is 0 Å². The van der Waals surface area contributed by atoms with Crippen LogP contribution < -0.4 is 21.1 Å². The summed E-state index contributed by atoms with van der Waals surface area (Å²) in [4.78, 5) is 35.0. The zero-order valence-electron chi connectivity index (χ0n) is 24.5. The van der Waals surface area contributed by atoms with E-state index in [1.165, 1.54) is 27.1 Å². The average Bonchev–Trinajstić information content (AvgIpc) is 3.43. The van der Waals surface area contributed by atoms with Crippen LogP contribution in [0.3, 0.4) is 0 Å². The molecule has 4 aromatic rings. The van der Waals surface area contributed by atoms with Crippen LogP contribution in [0.4, 0.5) is 21.6 Å². The Hall–Kier alpha value is -3.90. The number of pyridine rings is 2. The van der Waals surface area contributed by atoms with E-state index in [0.717, 1.165) is 48.2 Å². The molecule has 1 saturated heterocycles. The number of benzene rings is 1. The van der Waals surface area contributed by atoms with Gasteiger partial charge in [0.2, 0.25) is 0 Å². The maximum absolute atomic E-state index is 15.3. The summed E-state index contributed by atoms with van der Waals surface area (Å²) in [6, 6.07) is 8.00. The molecule has 3 N–H and O–H groups in total. The van der Waals surface area contributed by atoms with E-state index in [9.17, 15) is 14.7 Å². The number of thiophene rings is 1. The molecule has 1 aromatic carbocycles. The Labute approximate surface area is 258 Å². The maximum atomic E-state index is 15.3. The molecule has 0 saturated carbocycles. The first-order valence-electron chi connectivity index (χ1n) is 15.1. The number of anilines is 3. The minimum atomic E-state index is -0.531. The number of carbonyl (C=O) groups is 1. The highest BCUT2D eigenvalue weighted by molar-refractivity contribution is 7.14. The number of nitrogens with one attached hydrogen (secondary N) is 2. The number of amides is 1. The van der Waals surface area contributed by atoms with Crippen molar-refractivity contribution in [2.24, 2.45) is 7.05 Å². The van der Waals surface area contributed by atoms with Crippen LogP contribution in [0.2, 0.25) is 0 Å². The largest absolute Gasteiger partial charge is 0.392 e. The van der Waals surface area contributed by atoms with Gasteiger partial charge in [-0.25, -0.2) is 9.37 Å². The first-order chi connectivity index (χ1) is 21.4. The molecule has 9 nitrogen and oxygen atoms in total. The van der Waals surface area contributed by atoms with Crippen LogP contribution in [0.1, 0.15) is 55.7 Å². The van der Waals surface area contributed by atoms with E-state index in [0.29, 0.717) is 54.3 Å². The van der Waals surface area contributed by atoms with Crippen molar-refractivity contribution in [1.82, 2.24) is 14.9 Å². The zero-order chi connectivity index (χ0) is 30.4. The van der Waals surface area contributed by atoms with Gasteiger partial charge < -0.3 is 29.9 Å². The molecule has 11 heteroatoms. The summed E-state index contributed by atoms with van der Waals surface area (Å²) < 4.78 is 22.5. The molecule has 1 amide bonds. The lowest BCUT2D eigenvalue weighted by Gasteiger charge is -2.30. The quantitative estimate of drug-likeness (QED) is 0.290. The second kappa shape index (κ2) is 11.9. The highest BCUT2D eigenvalue weighted by Gasteiger charge is 2.33. The van der Waals surface area contributed by atoms with Crippen molar-refractivity contribution in [2.75, 3.05) is 36.5 Å². The number of hydrogen-bond acceptors (Lipinski definition) is 8. The third kappa shape index (κ3) is 5.23. The van der Waals surface area contributed by atoms with E-state index in [-0.39, 0.29) is 23.3 Å². The van der Waals surface area contributed by atoms with E-state index < -0.39 is 12.4 Å². The van der Waals surface area contributed by atoms with Gasteiger partial charge in [-0.1, -0.05) is 6.07 Å². The monoisotopic (exact) mass is 615 g/mol. The molecular weight excluding hydrogens is 581 g/mol. The van der Waals surface area contributed by atoms with Crippen molar-refractivity contribution in [3.05, 3.63) is 90.9 Å². The topological polar surface area (TPSA) is 109 Å². The minimum absolute atomic E-state index is 0.0795. The Bertz CT molecular complexity index is 1800. The standard InChI is InChI=1S/C33H34FN5O4S/c1-38-17-20(12-26(32(38)41)37-30-7-6-19(15-36-30)28-16-35-9-11-43-28)24-13-21(34)14-27(25(24)18-40)39-10-8-23-22-4-2-3-5-29(22)44-31(23)33(39)42/h6-7,12-15,17,28,35,40H,2-5,8-11,16,18H2,1H3,(H,36,37). The molecule has 2 aliphatic heterocycles. The van der Waals surface area contributed by atoms with E-state index in [1.807, 2.05) is 6.07 Å². The summed E-state index contributed by atoms with van der Waals surface area (Å²) in [5, 5.41) is 17.0. The molecule has 0 radical (unpaired) electrons. The van der Waals surface area contributed by atoms with Crippen LogP contribution in [0.15, 0.2) is 47.5 Å². The van der Waals surface area contributed by atoms with Crippen molar-refractivity contribution < 1.29 is 19.0 Å². The predicted octanol–water partition coefficient (Wildman–Crippen LogP) is 4.63. The molecule has 5 heterocycles. The highest BCUT2D eigenvalue weighted by Crippen LogP contribution is 2.41. The Morgan fingerprint density at radius 1 is 1.16 bits per heavy atom. The van der Waals surface area contributed by atoms with Crippen molar-refractivity contribution in [2.45, 2.75) is 44.8 Å². The lowest BCUT2D eigenvalue weighted by atomic mass is 9.91. The number of fused-ring (bicyclic) bond motifs is 3. The van der Waals surface area contributed by atoms with Gasteiger partial charge in [-0.2, -0.15) is 0 Å². The molecular formula is C33H34FN5O4S. The van der Waals surface area contributed by atoms with Gasteiger partial charge in [0.1, 0.15) is 17.3 Å². The molecule has 1 atom stereocenters. The second-order valence-electron chi connectivity index (χ2n) is 11.6. The number of nitrogens with zero attached hydrogens (tertiary/aromatic N) is 3. The summed E-state index contributed by atoms with van der Waals surface area (Å²) in [5.41, 5.74) is 5.09. The SMILES string of the molecule is Cn1cc(-c2cc(F)cc(N3CCc4c(sc5c4CCCC5)C3=O)c2CO)cc(Nc2ccc(C3CNCCO3)cn2)c1=O. The van der Waals surface area contributed by atoms with Crippen LogP contribution >= 0.6 is 11.3 Å². The summed E-state index contributed by atoms with van der Waals surface area (Å²) in [7, 11) is 1.62. The van der Waals surface area contributed by atoms with E-state index in [4.69, 9.17) is 4.74 Å². The van der Waals surface area contributed by atoms with Gasteiger partial charge in [-0.15, -0.1) is 11.3 Å². The van der Waals surface area contributed by atoms with Crippen LogP contribution in [0.25, 0.3) is 11.1 Å². The van der Waals surface area contributed by atoms with E-state index in [1.54, 1.807) is 47.8 Å². The molecule has 1 aliphatic carbocycles. The molecule has 3 aliphatic rings. The Kier molecular flexibility index (Phi) is 7.79. The van der Waals surface area contributed by atoms with Crippen molar-refractivity contribution in [3.63, 3.8) is 0 Å². The van der Waals surface area contributed by atoms with Gasteiger partial charge in [0.15, 0.2) is 0 Å². The molecule has 0 bridgehead atoms. The van der Waals surface area contributed by atoms with Gasteiger partial charge in [-0.05, 0) is 73.1 Å². The molecule has 7 rings (SSSR count). The number of ether oxygens (including phenoxy) is 1. The number of carbonyl (C=O) groups excluding carboxylic acids is 1. The fourth-order valence-electron chi connectivity index (χ4n) is 6.57. The van der Waals surface area contributed by atoms with Gasteiger partial charge in [0, 0.05) is 60.6 Å². The normalized spacial score (nSPS) is 18.2. The van der Waals surface area contributed by atoms with Gasteiger partial charge in [0.25, 0.3) is 11.5 Å². The zero-order valence-corrected chi connectivity index (χ0v) is 25.3. The highest BCUT2D eigenvalue weighted by atomic mass is 32.1. The minimum Gasteiger partial charge on any atom is -0.392 e. The number of aromatic nitrogens is 2. The molecule has 228 valence electrons. The van der Waals surface area contributed by atoms with Crippen LogP contribution in [-0.4, -0.2) is 46.8 Å². The summed E-state index contributed by atoms with van der Waals surface area (Å²) >= 11 is 1.57. The predicted molar refractivity (Wildman–Crippen MR) is 168 cm³/mol. The fourth-order valence-corrected chi connectivity index (χ4v) is 7.96. The fraction of sp³-hybridized carbons (Fsp3) is 0.364. The molecule has 44 heavy (non-hydrogen) atoms. The number of aryl methyl sites for hydroxylation is 2. The molecule has 3 aromatic heterocycles. The van der Waals surface area contributed by atoms with E-state index >= 15 is 4.39 Å². The molecule has 1 unspecified atom stereocenters. The number of hydrogen-bond donors (Lipinski definition) is 3. The second-order valence-corrected chi connectivity index (χ2v) is 12.7. The average molecular weight is 616 g/mol. The first kappa shape index (κ1) is 28.8. The molecule has 0 spiro atoms. The lowest BCUT2D eigenvalue weighted by Crippen LogP contribution is -2.37. The van der Waals surface area contributed by atoms with Gasteiger partial charge in [-0.3, -0.25) is 9.59 Å². The van der Waals surface area contributed by atoms with Crippen LogP contribution in [0.5, 0.6) is 0 Å². The molecule has 1 fully saturated rings. The van der Waals surface area contributed by atoms with Crippen molar-refractivity contribution in [1.29, 1.82) is 0 Å². The Morgan fingerprint density at radius 2 is 2.02 bits per heavy atom. The van der Waals surface area contributed by atoms with E-state index in [2.05, 4.69) is 15.6 Å². The van der Waals surface area contributed by atoms with Crippen molar-refractivity contribution in [3.8, 4) is 11.1 Å². The number of aliphatic hydroxyl groups excluding tert-OH is 1. The van der Waals surface area contributed by atoms with Crippen LogP contribution in [0, 0.1) is 5.82 Å². The third-order valence-corrected chi connectivity index (χ3v) is 10.1. The van der Waals surface area contributed by atoms with Gasteiger partial charge in [0.05, 0.1) is 29.9 Å². The number of morpholine rings is 1. The summed E-state index contributed by atoms with van der Waals surface area (Å²) in [6.07, 6.45) is 8.24. The number of rotatable bonds is 6. The maximum Gasteiger partial charge on any atom is 0.274 e. The van der Waals surface area contributed by atoms with Crippen molar-refractivity contribution >= 4 is 34.4 Å². The number of aliphatic hydroxyl groups is 1. The number of halogens is 1. The Morgan fingerprint density at radius 3 is 2.80 bits per heavy atom. The Balaban J connectivity index is 1.22. The lowest BCUT2D eigenvalue weighted by molar-refractivity contribution is 0.0275. The first-order valence-corrected chi connectivity index (χ1v) is 15.9. The third-order valence-electron chi connectivity index (χ3n) is 8.79. The summed E-state index contributed by atoms with van der Waals surface area (Å²) in [6.45, 7) is 2.16. The van der Waals surface area contributed by atoms with Crippen LogP contribution in [-0.2, 0) is 37.7 Å².